The Kier molecular flexibility index (Phi) is 6.73. The summed E-state index contributed by atoms with van der Waals surface area (Å²) in [6, 6.07) is 47.1. The predicted molar refractivity (Wildman–Crippen MR) is 192 cm³/mol. The highest BCUT2D eigenvalue weighted by Crippen LogP contribution is 2.44. The van der Waals surface area contributed by atoms with Crippen LogP contribution in [-0.4, -0.2) is 10.4 Å². The fourth-order valence-corrected chi connectivity index (χ4v) is 6.78. The van der Waals surface area contributed by atoms with Crippen molar-refractivity contribution >= 4 is 70.7 Å². The van der Waals surface area contributed by atoms with Crippen LogP contribution >= 0.6 is 31.9 Å². The minimum atomic E-state index is -0.698. The zero-order valence-electron chi connectivity index (χ0n) is 24.7. The minimum absolute atomic E-state index is 0.698. The number of aromatic nitrogens is 1. The SMILES string of the molecule is CC1(C)Oc2ccc(-c3cc(N(c4ccc(Br)cc4)c4ccc(Br)cc4)cc(-n4c5ccccc5c5ccccc54)c3)cc2O1. The van der Waals surface area contributed by atoms with Gasteiger partial charge in [0.15, 0.2) is 11.5 Å². The van der Waals surface area contributed by atoms with Crippen LogP contribution in [0.3, 0.4) is 0 Å². The number of hydrogen-bond donors (Lipinski definition) is 0. The second-order valence-electron chi connectivity index (χ2n) is 11.7. The fraction of sp³-hybridized carbons (Fsp3) is 0.0769. The molecule has 0 saturated carbocycles. The predicted octanol–water partition coefficient (Wildman–Crippen LogP) is 12.0. The smallest absolute Gasteiger partial charge is 0.246 e. The second kappa shape index (κ2) is 10.8. The molecule has 4 nitrogen and oxygen atoms in total. The molecule has 0 fully saturated rings. The van der Waals surface area contributed by atoms with Crippen molar-refractivity contribution in [2.45, 2.75) is 19.6 Å². The largest absolute Gasteiger partial charge is 0.449 e. The first-order valence-electron chi connectivity index (χ1n) is 14.8. The molecule has 1 aliphatic heterocycles. The normalized spacial score (nSPS) is 13.4. The number of ether oxygens (including phenoxy) is 2. The Bertz CT molecular complexity index is 2120. The van der Waals surface area contributed by atoms with Crippen molar-refractivity contribution in [3.05, 3.63) is 142 Å². The first-order valence-corrected chi connectivity index (χ1v) is 16.4. The summed E-state index contributed by atoms with van der Waals surface area (Å²) in [5.74, 6) is 0.810. The van der Waals surface area contributed by atoms with E-state index in [2.05, 4.69) is 169 Å². The summed E-state index contributed by atoms with van der Waals surface area (Å²) in [6.45, 7) is 3.87. The highest BCUT2D eigenvalue weighted by molar-refractivity contribution is 9.10. The lowest BCUT2D eigenvalue weighted by Gasteiger charge is -2.27. The number of halogens is 2. The van der Waals surface area contributed by atoms with Gasteiger partial charge in [0.05, 0.1) is 11.0 Å². The van der Waals surface area contributed by atoms with E-state index in [0.717, 1.165) is 65.4 Å². The van der Waals surface area contributed by atoms with Crippen LogP contribution in [0.1, 0.15) is 13.8 Å². The standard InChI is InChI=1S/C39H28Br2N2O2/c1-39(2)44-37-20-11-25(23-38(37)45-39)26-21-31(42(29-16-12-27(40)13-17-29)30-18-14-28(41)15-19-30)24-32(22-26)43-35-9-5-3-7-33(35)34-8-4-6-10-36(34)43/h3-24H,1-2H3. The van der Waals surface area contributed by atoms with Gasteiger partial charge < -0.3 is 18.9 Å². The molecule has 6 aromatic carbocycles. The van der Waals surface area contributed by atoms with E-state index in [0.29, 0.717) is 0 Å². The van der Waals surface area contributed by atoms with E-state index in [1.807, 2.05) is 19.9 Å². The zero-order chi connectivity index (χ0) is 30.7. The van der Waals surface area contributed by atoms with Crippen LogP contribution in [0.5, 0.6) is 11.5 Å². The van der Waals surface area contributed by atoms with Crippen molar-refractivity contribution in [2.24, 2.45) is 0 Å². The maximum Gasteiger partial charge on any atom is 0.246 e. The first-order chi connectivity index (χ1) is 21.8. The molecule has 0 unspecified atom stereocenters. The van der Waals surface area contributed by atoms with E-state index in [9.17, 15) is 0 Å². The molecule has 0 aliphatic carbocycles. The van der Waals surface area contributed by atoms with Gasteiger partial charge >= 0.3 is 0 Å². The molecule has 0 saturated heterocycles. The van der Waals surface area contributed by atoms with E-state index in [1.54, 1.807) is 0 Å². The van der Waals surface area contributed by atoms with Gasteiger partial charge in [0.2, 0.25) is 5.79 Å². The molecular formula is C39H28Br2N2O2. The molecule has 0 bridgehead atoms. The molecule has 220 valence electrons. The van der Waals surface area contributed by atoms with Crippen molar-refractivity contribution in [1.82, 2.24) is 4.57 Å². The Morgan fingerprint density at radius 2 is 1.09 bits per heavy atom. The number of para-hydroxylation sites is 2. The van der Waals surface area contributed by atoms with Crippen molar-refractivity contribution in [3.63, 3.8) is 0 Å². The number of nitrogens with zero attached hydrogens (tertiary/aromatic N) is 2. The molecule has 0 radical (unpaired) electrons. The van der Waals surface area contributed by atoms with Crippen LogP contribution in [0.25, 0.3) is 38.6 Å². The summed E-state index contributed by atoms with van der Waals surface area (Å²) in [4.78, 5) is 2.30. The van der Waals surface area contributed by atoms with Crippen molar-refractivity contribution in [3.8, 4) is 28.3 Å². The third kappa shape index (κ3) is 5.08. The molecular weight excluding hydrogens is 688 g/mol. The summed E-state index contributed by atoms with van der Waals surface area (Å²) in [5.41, 5.74) is 8.65. The quantitative estimate of drug-likeness (QED) is 0.177. The van der Waals surface area contributed by atoms with Crippen LogP contribution in [-0.2, 0) is 0 Å². The lowest BCUT2D eigenvalue weighted by molar-refractivity contribution is -0.0431. The molecule has 0 atom stereocenters. The van der Waals surface area contributed by atoms with Crippen LogP contribution in [0.2, 0.25) is 0 Å². The lowest BCUT2D eigenvalue weighted by Crippen LogP contribution is -2.29. The summed E-state index contributed by atoms with van der Waals surface area (Å²) < 4.78 is 16.6. The van der Waals surface area contributed by atoms with E-state index in [-0.39, 0.29) is 0 Å². The topological polar surface area (TPSA) is 26.6 Å². The monoisotopic (exact) mass is 714 g/mol. The van der Waals surface area contributed by atoms with Crippen LogP contribution in [0.4, 0.5) is 17.1 Å². The highest BCUT2D eigenvalue weighted by atomic mass is 79.9. The van der Waals surface area contributed by atoms with Crippen molar-refractivity contribution < 1.29 is 9.47 Å². The third-order valence-electron chi connectivity index (χ3n) is 8.16. The number of fused-ring (bicyclic) bond motifs is 4. The average molecular weight is 716 g/mol. The maximum atomic E-state index is 6.17. The van der Waals surface area contributed by atoms with E-state index < -0.39 is 5.79 Å². The van der Waals surface area contributed by atoms with Gasteiger partial charge in [-0.3, -0.25) is 0 Å². The van der Waals surface area contributed by atoms with Crippen LogP contribution in [0.15, 0.2) is 142 Å². The molecule has 2 heterocycles. The number of benzene rings is 6. The Hall–Kier alpha value is -4.52. The van der Waals surface area contributed by atoms with E-state index in [1.165, 1.54) is 10.8 Å². The van der Waals surface area contributed by atoms with Gasteiger partial charge in [0.25, 0.3) is 0 Å². The van der Waals surface area contributed by atoms with Gasteiger partial charge in [-0.2, -0.15) is 0 Å². The summed E-state index contributed by atoms with van der Waals surface area (Å²) >= 11 is 7.25. The molecule has 8 rings (SSSR count). The molecule has 6 heteroatoms. The zero-order valence-corrected chi connectivity index (χ0v) is 27.8. The third-order valence-corrected chi connectivity index (χ3v) is 9.21. The van der Waals surface area contributed by atoms with Gasteiger partial charge in [-0.1, -0.05) is 74.3 Å². The van der Waals surface area contributed by atoms with Gasteiger partial charge in [-0.05, 0) is 102 Å². The van der Waals surface area contributed by atoms with Gasteiger partial charge in [0.1, 0.15) is 0 Å². The molecule has 1 aliphatic rings. The van der Waals surface area contributed by atoms with Gasteiger partial charge in [-0.25, -0.2) is 0 Å². The fourth-order valence-electron chi connectivity index (χ4n) is 6.25. The minimum Gasteiger partial charge on any atom is -0.449 e. The Balaban J connectivity index is 1.41. The van der Waals surface area contributed by atoms with E-state index in [4.69, 9.17) is 9.47 Å². The Labute approximate surface area is 278 Å². The number of hydrogen-bond acceptors (Lipinski definition) is 3. The highest BCUT2D eigenvalue weighted by Gasteiger charge is 2.32. The molecule has 0 amide bonds. The van der Waals surface area contributed by atoms with Crippen LogP contribution in [0, 0.1) is 0 Å². The lowest BCUT2D eigenvalue weighted by atomic mass is 10.0. The Morgan fingerprint density at radius 1 is 0.533 bits per heavy atom. The summed E-state index contributed by atoms with van der Waals surface area (Å²) in [7, 11) is 0. The van der Waals surface area contributed by atoms with Gasteiger partial charge in [0, 0.05) is 56.3 Å². The number of anilines is 3. The van der Waals surface area contributed by atoms with Crippen molar-refractivity contribution in [1.29, 1.82) is 0 Å². The first kappa shape index (κ1) is 28.0. The maximum absolute atomic E-state index is 6.17. The van der Waals surface area contributed by atoms with Gasteiger partial charge in [-0.15, -0.1) is 0 Å². The Morgan fingerprint density at radius 3 is 1.69 bits per heavy atom. The molecule has 0 spiro atoms. The molecule has 0 N–H and O–H groups in total. The second-order valence-corrected chi connectivity index (χ2v) is 13.5. The van der Waals surface area contributed by atoms with Crippen LogP contribution < -0.4 is 14.4 Å². The summed E-state index contributed by atoms with van der Waals surface area (Å²) in [5, 5.41) is 2.45. The molecule has 7 aromatic rings. The summed E-state index contributed by atoms with van der Waals surface area (Å²) in [6.07, 6.45) is 0. The molecule has 1 aromatic heterocycles. The average Bonchev–Trinajstić information content (AvgIpc) is 3.55. The van der Waals surface area contributed by atoms with Crippen molar-refractivity contribution in [2.75, 3.05) is 4.90 Å². The number of rotatable bonds is 5. The van der Waals surface area contributed by atoms with E-state index >= 15 is 0 Å². The molecule has 45 heavy (non-hydrogen) atoms.